The molecule has 0 unspecified atom stereocenters. The van der Waals surface area contributed by atoms with Crippen LogP contribution in [0.25, 0.3) is 11.4 Å². The number of halogens is 2. The quantitative estimate of drug-likeness (QED) is 0.599. The zero-order chi connectivity index (χ0) is 22.7. The van der Waals surface area contributed by atoms with E-state index in [0.717, 1.165) is 31.9 Å². The molecule has 1 amide bonds. The maximum absolute atomic E-state index is 13.5. The summed E-state index contributed by atoms with van der Waals surface area (Å²) in [5.74, 6) is 0.268. The minimum Gasteiger partial charge on any atom is -0.367 e. The van der Waals surface area contributed by atoms with Gasteiger partial charge in [-0.25, -0.2) is 4.39 Å². The number of aromatic nitrogens is 2. The third kappa shape index (κ3) is 5.26. The molecule has 1 aliphatic rings. The zero-order valence-electron chi connectivity index (χ0n) is 18.1. The predicted octanol–water partition coefficient (Wildman–Crippen LogP) is 4.16. The van der Waals surface area contributed by atoms with Crippen molar-refractivity contribution in [1.82, 2.24) is 15.0 Å². The average Bonchev–Trinajstić information content (AvgIpc) is 3.24. The van der Waals surface area contributed by atoms with Gasteiger partial charge in [0.05, 0.1) is 11.4 Å². The number of carbonyl (C=O) groups excluding carboxylic acids is 1. The van der Waals surface area contributed by atoms with Crippen LogP contribution in [0.5, 0.6) is 0 Å². The highest BCUT2D eigenvalue weighted by Gasteiger charge is 2.19. The molecular formula is C23H25ClFN5O2. The number of likely N-dealkylation sites (N-methyl/N-ethyl adjacent to an activating group) is 1. The highest BCUT2D eigenvalue weighted by Crippen LogP contribution is 2.30. The molecule has 0 radical (unpaired) electrons. The highest BCUT2D eigenvalue weighted by molar-refractivity contribution is 6.31. The highest BCUT2D eigenvalue weighted by atomic mass is 35.5. The fraction of sp³-hybridized carbons (Fsp3) is 0.348. The maximum atomic E-state index is 13.5. The lowest BCUT2D eigenvalue weighted by molar-refractivity contribution is -0.116. The molecule has 4 rings (SSSR count). The van der Waals surface area contributed by atoms with Crippen LogP contribution in [-0.2, 0) is 11.2 Å². The molecule has 32 heavy (non-hydrogen) atoms. The summed E-state index contributed by atoms with van der Waals surface area (Å²) in [4.78, 5) is 21.5. The molecular weight excluding hydrogens is 433 g/mol. The van der Waals surface area contributed by atoms with Gasteiger partial charge in [0.15, 0.2) is 0 Å². The summed E-state index contributed by atoms with van der Waals surface area (Å²) in [7, 11) is 2.10. The van der Waals surface area contributed by atoms with E-state index >= 15 is 0 Å². The lowest BCUT2D eigenvalue weighted by atomic mass is 10.1. The molecule has 0 saturated carbocycles. The molecule has 1 fully saturated rings. The Morgan fingerprint density at radius 3 is 2.72 bits per heavy atom. The topological polar surface area (TPSA) is 74.5 Å². The second-order valence-corrected chi connectivity index (χ2v) is 8.41. The molecule has 3 aromatic rings. The number of rotatable bonds is 6. The van der Waals surface area contributed by atoms with E-state index < -0.39 is 0 Å². The Morgan fingerprint density at radius 2 is 1.97 bits per heavy atom. The molecule has 168 valence electrons. The number of anilines is 2. The van der Waals surface area contributed by atoms with Crippen LogP contribution >= 0.6 is 11.6 Å². The van der Waals surface area contributed by atoms with Gasteiger partial charge in [-0.1, -0.05) is 16.8 Å². The number of benzene rings is 2. The van der Waals surface area contributed by atoms with Crippen molar-refractivity contribution in [1.29, 1.82) is 0 Å². The van der Waals surface area contributed by atoms with E-state index in [2.05, 4.69) is 32.3 Å². The molecule has 1 aromatic heterocycles. The van der Waals surface area contributed by atoms with Crippen molar-refractivity contribution in [3.05, 3.63) is 58.7 Å². The van der Waals surface area contributed by atoms with E-state index in [9.17, 15) is 9.18 Å². The number of nitrogens with one attached hydrogen (secondary N) is 1. The summed E-state index contributed by atoms with van der Waals surface area (Å²) >= 11 is 6.18. The lowest BCUT2D eigenvalue weighted by Gasteiger charge is -2.35. The van der Waals surface area contributed by atoms with E-state index in [1.807, 2.05) is 12.1 Å². The second kappa shape index (κ2) is 9.67. The molecule has 1 aliphatic heterocycles. The van der Waals surface area contributed by atoms with Crippen LogP contribution in [0.4, 0.5) is 15.8 Å². The van der Waals surface area contributed by atoms with Crippen LogP contribution in [0, 0.1) is 12.7 Å². The first-order valence-electron chi connectivity index (χ1n) is 10.5. The molecule has 1 saturated heterocycles. The SMILES string of the molecule is Cc1cc(-c2noc(CCC(=O)Nc3cc(Cl)ccc3N3CCN(C)CC3)n2)ccc1F. The number of amides is 1. The summed E-state index contributed by atoms with van der Waals surface area (Å²) in [6.07, 6.45) is 0.474. The smallest absolute Gasteiger partial charge is 0.227 e. The third-order valence-corrected chi connectivity index (χ3v) is 5.76. The average molecular weight is 458 g/mol. The van der Waals surface area contributed by atoms with Crippen LogP contribution in [0.15, 0.2) is 40.9 Å². The van der Waals surface area contributed by atoms with Crippen molar-refractivity contribution in [2.75, 3.05) is 43.4 Å². The second-order valence-electron chi connectivity index (χ2n) is 7.98. The van der Waals surface area contributed by atoms with Crippen LogP contribution in [-0.4, -0.2) is 54.2 Å². The summed E-state index contributed by atoms with van der Waals surface area (Å²) in [6, 6.07) is 10.2. The van der Waals surface area contributed by atoms with E-state index in [0.29, 0.717) is 40.0 Å². The Hall–Kier alpha value is -2.97. The molecule has 7 nitrogen and oxygen atoms in total. The Bertz CT molecular complexity index is 1110. The molecule has 0 aliphatic carbocycles. The van der Waals surface area contributed by atoms with E-state index in [4.69, 9.17) is 16.1 Å². The molecule has 0 bridgehead atoms. The van der Waals surface area contributed by atoms with Gasteiger partial charge in [0.25, 0.3) is 0 Å². The van der Waals surface area contributed by atoms with Crippen molar-refractivity contribution < 1.29 is 13.7 Å². The summed E-state index contributed by atoms with van der Waals surface area (Å²) < 4.78 is 18.7. The van der Waals surface area contributed by atoms with Crippen LogP contribution in [0.2, 0.25) is 5.02 Å². The van der Waals surface area contributed by atoms with Gasteiger partial charge in [-0.2, -0.15) is 4.98 Å². The van der Waals surface area contributed by atoms with Crippen LogP contribution in [0.3, 0.4) is 0 Å². The minimum atomic E-state index is -0.286. The number of piperazine rings is 1. The normalized spacial score (nSPS) is 14.6. The molecule has 2 heterocycles. The van der Waals surface area contributed by atoms with Gasteiger partial charge in [0, 0.05) is 49.6 Å². The zero-order valence-corrected chi connectivity index (χ0v) is 18.8. The molecule has 0 atom stereocenters. The largest absolute Gasteiger partial charge is 0.367 e. The number of aryl methyl sites for hydroxylation is 2. The van der Waals surface area contributed by atoms with Crippen molar-refractivity contribution in [3.8, 4) is 11.4 Å². The van der Waals surface area contributed by atoms with E-state index in [-0.39, 0.29) is 18.1 Å². The Labute approximate surface area is 191 Å². The monoisotopic (exact) mass is 457 g/mol. The molecule has 0 spiro atoms. The molecule has 1 N–H and O–H groups in total. The van der Waals surface area contributed by atoms with Gasteiger partial charge < -0.3 is 19.6 Å². The molecule has 9 heteroatoms. The Morgan fingerprint density at radius 1 is 1.19 bits per heavy atom. The summed E-state index contributed by atoms with van der Waals surface area (Å²) in [5.41, 5.74) is 2.83. The lowest BCUT2D eigenvalue weighted by Crippen LogP contribution is -2.44. The Balaban J connectivity index is 1.39. The van der Waals surface area contributed by atoms with Crippen molar-refractivity contribution in [2.45, 2.75) is 19.8 Å². The van der Waals surface area contributed by atoms with E-state index in [1.54, 1.807) is 25.1 Å². The number of hydrogen-bond acceptors (Lipinski definition) is 6. The van der Waals surface area contributed by atoms with Gasteiger partial charge in [-0.15, -0.1) is 0 Å². The van der Waals surface area contributed by atoms with Crippen LogP contribution in [0.1, 0.15) is 17.9 Å². The van der Waals surface area contributed by atoms with Gasteiger partial charge in [0.1, 0.15) is 5.82 Å². The van der Waals surface area contributed by atoms with Crippen molar-refractivity contribution in [3.63, 3.8) is 0 Å². The fourth-order valence-electron chi connectivity index (χ4n) is 3.62. The first-order chi connectivity index (χ1) is 15.4. The predicted molar refractivity (Wildman–Crippen MR) is 123 cm³/mol. The van der Waals surface area contributed by atoms with Crippen molar-refractivity contribution >= 4 is 28.9 Å². The van der Waals surface area contributed by atoms with Gasteiger partial charge >= 0.3 is 0 Å². The van der Waals surface area contributed by atoms with Gasteiger partial charge in [-0.3, -0.25) is 4.79 Å². The number of carbonyl (C=O) groups is 1. The first-order valence-corrected chi connectivity index (χ1v) is 10.9. The Kier molecular flexibility index (Phi) is 6.72. The summed E-state index contributed by atoms with van der Waals surface area (Å²) in [6.45, 7) is 5.37. The fourth-order valence-corrected chi connectivity index (χ4v) is 3.79. The summed E-state index contributed by atoms with van der Waals surface area (Å²) in [5, 5.41) is 7.48. The standard InChI is InChI=1S/C23H25ClFN5O2/c1-15-13-16(3-5-18(15)25)23-27-22(32-28-23)8-7-21(31)26-19-14-17(24)4-6-20(19)30-11-9-29(2)10-12-30/h3-6,13-14H,7-12H2,1-2H3,(H,26,31). The van der Waals surface area contributed by atoms with Crippen LogP contribution < -0.4 is 10.2 Å². The van der Waals surface area contributed by atoms with Gasteiger partial charge in [0.2, 0.25) is 17.6 Å². The first kappa shape index (κ1) is 22.2. The van der Waals surface area contributed by atoms with Gasteiger partial charge in [-0.05, 0) is 55.9 Å². The number of hydrogen-bond donors (Lipinski definition) is 1. The maximum Gasteiger partial charge on any atom is 0.227 e. The third-order valence-electron chi connectivity index (χ3n) is 5.53. The minimum absolute atomic E-state index is 0.167. The van der Waals surface area contributed by atoms with Crippen molar-refractivity contribution in [2.24, 2.45) is 0 Å². The molecule has 2 aromatic carbocycles. The number of nitrogens with zero attached hydrogens (tertiary/aromatic N) is 4. The van der Waals surface area contributed by atoms with E-state index in [1.165, 1.54) is 6.07 Å².